The number of hydrogen-bond donors (Lipinski definition) is 2. The van der Waals surface area contributed by atoms with Crippen LogP contribution < -0.4 is 11.1 Å². The monoisotopic (exact) mass is 276 g/mol. The molecular formula is C13H16N4OS. The van der Waals surface area contributed by atoms with Crippen LogP contribution in [0.2, 0.25) is 0 Å². The predicted octanol–water partition coefficient (Wildman–Crippen LogP) is 1.98. The molecule has 5 nitrogen and oxygen atoms in total. The van der Waals surface area contributed by atoms with Crippen LogP contribution in [-0.4, -0.2) is 21.7 Å². The lowest BCUT2D eigenvalue weighted by Gasteiger charge is -2.11. The minimum absolute atomic E-state index is 0.390. The average Bonchev–Trinajstić information content (AvgIpc) is 2.77. The van der Waals surface area contributed by atoms with Crippen molar-refractivity contribution < 1.29 is 4.52 Å². The molecule has 0 spiro atoms. The van der Waals surface area contributed by atoms with Gasteiger partial charge < -0.3 is 15.6 Å². The van der Waals surface area contributed by atoms with E-state index in [0.717, 1.165) is 16.8 Å². The van der Waals surface area contributed by atoms with E-state index in [9.17, 15) is 0 Å². The van der Waals surface area contributed by atoms with E-state index in [4.69, 9.17) is 22.5 Å². The SMILES string of the molecule is Cc1ccc(NCCc2noc(C)n2)c(C(N)=S)c1. The van der Waals surface area contributed by atoms with Crippen LogP contribution in [0.5, 0.6) is 0 Å². The summed E-state index contributed by atoms with van der Waals surface area (Å²) in [4.78, 5) is 4.54. The smallest absolute Gasteiger partial charge is 0.223 e. The van der Waals surface area contributed by atoms with Gasteiger partial charge in [-0.15, -0.1) is 0 Å². The zero-order valence-corrected chi connectivity index (χ0v) is 11.8. The summed E-state index contributed by atoms with van der Waals surface area (Å²) in [7, 11) is 0. The fraction of sp³-hybridized carbons (Fsp3) is 0.308. The molecule has 19 heavy (non-hydrogen) atoms. The van der Waals surface area contributed by atoms with E-state index >= 15 is 0 Å². The minimum atomic E-state index is 0.390. The van der Waals surface area contributed by atoms with Crippen molar-refractivity contribution in [2.24, 2.45) is 5.73 Å². The number of nitrogens with zero attached hydrogens (tertiary/aromatic N) is 2. The Morgan fingerprint density at radius 1 is 1.42 bits per heavy atom. The lowest BCUT2D eigenvalue weighted by atomic mass is 10.1. The van der Waals surface area contributed by atoms with Gasteiger partial charge in [0.25, 0.3) is 0 Å². The molecule has 0 atom stereocenters. The maximum atomic E-state index is 5.72. The first-order valence-corrected chi connectivity index (χ1v) is 6.40. The molecule has 2 rings (SSSR count). The molecule has 0 amide bonds. The van der Waals surface area contributed by atoms with Crippen LogP contribution in [0.1, 0.15) is 22.8 Å². The lowest BCUT2D eigenvalue weighted by molar-refractivity contribution is 0.387. The van der Waals surface area contributed by atoms with Crippen LogP contribution in [0, 0.1) is 13.8 Å². The topological polar surface area (TPSA) is 77.0 Å². The molecule has 0 bridgehead atoms. The number of nitrogens with two attached hydrogens (primary N) is 1. The fourth-order valence-corrected chi connectivity index (χ4v) is 1.94. The van der Waals surface area contributed by atoms with Gasteiger partial charge in [0.05, 0.1) is 0 Å². The summed E-state index contributed by atoms with van der Waals surface area (Å²) in [6, 6.07) is 5.97. The third-order valence-corrected chi connectivity index (χ3v) is 2.89. The van der Waals surface area contributed by atoms with Crippen LogP contribution in [0.4, 0.5) is 5.69 Å². The van der Waals surface area contributed by atoms with Gasteiger partial charge in [0.15, 0.2) is 5.82 Å². The van der Waals surface area contributed by atoms with Crippen molar-refractivity contribution in [3.63, 3.8) is 0 Å². The molecule has 1 aromatic carbocycles. The average molecular weight is 276 g/mol. The van der Waals surface area contributed by atoms with Crippen molar-refractivity contribution in [1.82, 2.24) is 10.1 Å². The Bertz CT molecular complexity index is 594. The normalized spacial score (nSPS) is 10.4. The van der Waals surface area contributed by atoms with Crippen molar-refractivity contribution in [1.29, 1.82) is 0 Å². The molecule has 3 N–H and O–H groups in total. The number of benzene rings is 1. The van der Waals surface area contributed by atoms with E-state index in [1.165, 1.54) is 0 Å². The van der Waals surface area contributed by atoms with Crippen molar-refractivity contribution in [3.05, 3.63) is 41.0 Å². The van der Waals surface area contributed by atoms with Crippen LogP contribution in [0.15, 0.2) is 22.7 Å². The highest BCUT2D eigenvalue weighted by Gasteiger charge is 2.06. The Kier molecular flexibility index (Phi) is 4.11. The number of nitrogens with one attached hydrogen (secondary N) is 1. The van der Waals surface area contributed by atoms with E-state index in [0.29, 0.717) is 29.7 Å². The quantitative estimate of drug-likeness (QED) is 0.813. The third-order valence-electron chi connectivity index (χ3n) is 2.67. The van der Waals surface area contributed by atoms with E-state index in [-0.39, 0.29) is 0 Å². The molecule has 0 saturated carbocycles. The lowest BCUT2D eigenvalue weighted by Crippen LogP contribution is -2.15. The number of anilines is 1. The zero-order chi connectivity index (χ0) is 13.8. The first-order valence-electron chi connectivity index (χ1n) is 6.00. The predicted molar refractivity (Wildman–Crippen MR) is 78.3 cm³/mol. The number of aryl methyl sites for hydroxylation is 2. The summed E-state index contributed by atoms with van der Waals surface area (Å²) >= 11 is 5.05. The second-order valence-electron chi connectivity index (χ2n) is 4.32. The van der Waals surface area contributed by atoms with Crippen molar-refractivity contribution in [3.8, 4) is 0 Å². The van der Waals surface area contributed by atoms with Gasteiger partial charge in [-0.05, 0) is 19.1 Å². The van der Waals surface area contributed by atoms with Gasteiger partial charge in [-0.3, -0.25) is 0 Å². The largest absolute Gasteiger partial charge is 0.389 e. The van der Waals surface area contributed by atoms with Gasteiger partial charge in [-0.2, -0.15) is 4.98 Å². The van der Waals surface area contributed by atoms with Crippen molar-refractivity contribution >= 4 is 22.9 Å². The maximum absolute atomic E-state index is 5.72. The highest BCUT2D eigenvalue weighted by atomic mass is 32.1. The molecule has 0 unspecified atom stereocenters. The molecule has 0 aliphatic carbocycles. The highest BCUT2D eigenvalue weighted by Crippen LogP contribution is 2.17. The van der Waals surface area contributed by atoms with Gasteiger partial charge in [-0.25, -0.2) is 0 Å². The molecule has 0 fully saturated rings. The van der Waals surface area contributed by atoms with Crippen molar-refractivity contribution in [2.45, 2.75) is 20.3 Å². The third kappa shape index (κ3) is 3.51. The Labute approximate surface area is 117 Å². The number of aromatic nitrogens is 2. The molecule has 100 valence electrons. The van der Waals surface area contributed by atoms with Gasteiger partial charge in [0.1, 0.15) is 4.99 Å². The Balaban J connectivity index is 2.01. The molecule has 1 heterocycles. The molecule has 6 heteroatoms. The van der Waals surface area contributed by atoms with E-state index in [2.05, 4.69) is 15.5 Å². The summed E-state index contributed by atoms with van der Waals surface area (Å²) < 4.78 is 4.92. The van der Waals surface area contributed by atoms with E-state index in [1.54, 1.807) is 6.92 Å². The Morgan fingerprint density at radius 3 is 2.84 bits per heavy atom. The molecule has 0 radical (unpaired) electrons. The highest BCUT2D eigenvalue weighted by molar-refractivity contribution is 7.80. The van der Waals surface area contributed by atoms with Gasteiger partial charge in [-0.1, -0.05) is 29.0 Å². The van der Waals surface area contributed by atoms with Crippen molar-refractivity contribution in [2.75, 3.05) is 11.9 Å². The number of thiocarbonyl (C=S) groups is 1. The zero-order valence-electron chi connectivity index (χ0n) is 10.9. The second-order valence-corrected chi connectivity index (χ2v) is 4.76. The standard InChI is InChI=1S/C13H16N4OS/c1-8-3-4-11(10(7-8)13(14)19)15-6-5-12-16-9(2)18-17-12/h3-4,7,15H,5-6H2,1-2H3,(H2,14,19). The summed E-state index contributed by atoms with van der Waals surface area (Å²) in [5.74, 6) is 1.27. The minimum Gasteiger partial charge on any atom is -0.389 e. The van der Waals surface area contributed by atoms with Crippen LogP contribution in [-0.2, 0) is 6.42 Å². The molecular weight excluding hydrogens is 260 g/mol. The Hall–Kier alpha value is -1.95. The van der Waals surface area contributed by atoms with E-state index in [1.807, 2.05) is 25.1 Å². The van der Waals surface area contributed by atoms with Crippen LogP contribution in [0.25, 0.3) is 0 Å². The molecule has 0 aliphatic heterocycles. The number of rotatable bonds is 5. The first kappa shape index (κ1) is 13.5. The summed E-state index contributed by atoms with van der Waals surface area (Å²) in [6.45, 7) is 4.47. The van der Waals surface area contributed by atoms with Gasteiger partial charge >= 0.3 is 0 Å². The molecule has 1 aromatic heterocycles. The fourth-order valence-electron chi connectivity index (χ4n) is 1.77. The maximum Gasteiger partial charge on any atom is 0.223 e. The van der Waals surface area contributed by atoms with Gasteiger partial charge in [0, 0.05) is 31.1 Å². The molecule has 0 aliphatic rings. The summed E-state index contributed by atoms with van der Waals surface area (Å²) in [6.07, 6.45) is 0.683. The molecule has 2 aromatic rings. The van der Waals surface area contributed by atoms with Crippen LogP contribution >= 0.6 is 12.2 Å². The van der Waals surface area contributed by atoms with Crippen LogP contribution in [0.3, 0.4) is 0 Å². The Morgan fingerprint density at radius 2 is 2.21 bits per heavy atom. The van der Waals surface area contributed by atoms with E-state index < -0.39 is 0 Å². The molecule has 0 saturated heterocycles. The van der Waals surface area contributed by atoms with Gasteiger partial charge in [0.2, 0.25) is 5.89 Å². The summed E-state index contributed by atoms with van der Waals surface area (Å²) in [5, 5.41) is 7.13. The summed E-state index contributed by atoms with van der Waals surface area (Å²) in [5.41, 5.74) is 8.64. The number of hydrogen-bond acceptors (Lipinski definition) is 5. The second kappa shape index (κ2) is 5.79. The first-order chi connectivity index (χ1) is 9.06.